The lowest BCUT2D eigenvalue weighted by Crippen LogP contribution is -2.32. The highest BCUT2D eigenvalue weighted by Crippen LogP contribution is 2.11. The Morgan fingerprint density at radius 1 is 1.10 bits per heavy atom. The molecule has 0 aliphatic rings. The van der Waals surface area contributed by atoms with Crippen molar-refractivity contribution < 1.29 is 9.18 Å². The molecule has 1 atom stereocenters. The predicted molar refractivity (Wildman–Crippen MR) is 77.9 cm³/mol. The standard InChI is InChI=1S/C16H17FN2O/c1-12(13-5-3-2-4-6-13)19-16(20)11-18-15-9-7-14(17)8-10-15/h2-10,12,18H,11H2,1H3,(H,19,20)/t12-/m0/s1. The van der Waals surface area contributed by atoms with E-state index >= 15 is 0 Å². The molecule has 2 aromatic rings. The van der Waals surface area contributed by atoms with Crippen molar-refractivity contribution in [3.8, 4) is 0 Å². The van der Waals surface area contributed by atoms with Crippen molar-refractivity contribution in [3.63, 3.8) is 0 Å². The summed E-state index contributed by atoms with van der Waals surface area (Å²) in [5, 5.41) is 5.85. The lowest BCUT2D eigenvalue weighted by Gasteiger charge is -2.15. The zero-order valence-electron chi connectivity index (χ0n) is 11.3. The molecule has 0 radical (unpaired) electrons. The topological polar surface area (TPSA) is 41.1 Å². The molecule has 0 aliphatic heterocycles. The van der Waals surface area contributed by atoms with Crippen LogP contribution in [0, 0.1) is 5.82 Å². The van der Waals surface area contributed by atoms with E-state index in [1.165, 1.54) is 12.1 Å². The van der Waals surface area contributed by atoms with Crippen LogP contribution in [0.5, 0.6) is 0 Å². The van der Waals surface area contributed by atoms with Crippen LogP contribution < -0.4 is 10.6 Å². The number of anilines is 1. The second kappa shape index (κ2) is 6.70. The molecule has 3 nitrogen and oxygen atoms in total. The van der Waals surface area contributed by atoms with E-state index in [1.54, 1.807) is 12.1 Å². The molecular formula is C16H17FN2O. The number of hydrogen-bond donors (Lipinski definition) is 2. The van der Waals surface area contributed by atoms with Gasteiger partial charge in [-0.05, 0) is 36.8 Å². The monoisotopic (exact) mass is 272 g/mol. The summed E-state index contributed by atoms with van der Waals surface area (Å²) in [7, 11) is 0. The van der Waals surface area contributed by atoms with Crippen molar-refractivity contribution in [3.05, 3.63) is 66.0 Å². The van der Waals surface area contributed by atoms with Crippen molar-refractivity contribution in [1.82, 2.24) is 5.32 Å². The fourth-order valence-corrected chi connectivity index (χ4v) is 1.87. The minimum absolute atomic E-state index is 0.0429. The maximum atomic E-state index is 12.7. The van der Waals surface area contributed by atoms with Gasteiger partial charge < -0.3 is 10.6 Å². The Morgan fingerprint density at radius 3 is 2.40 bits per heavy atom. The summed E-state index contributed by atoms with van der Waals surface area (Å²) < 4.78 is 12.7. The summed E-state index contributed by atoms with van der Waals surface area (Å²) in [6, 6.07) is 15.6. The van der Waals surface area contributed by atoms with Gasteiger partial charge in [-0.3, -0.25) is 4.79 Å². The molecule has 4 heteroatoms. The third-order valence-corrected chi connectivity index (χ3v) is 2.97. The third-order valence-electron chi connectivity index (χ3n) is 2.97. The highest BCUT2D eigenvalue weighted by molar-refractivity contribution is 5.81. The molecule has 2 aromatic carbocycles. The molecule has 0 saturated carbocycles. The van der Waals surface area contributed by atoms with E-state index in [-0.39, 0.29) is 24.3 Å². The van der Waals surface area contributed by atoms with Crippen molar-refractivity contribution in [1.29, 1.82) is 0 Å². The Morgan fingerprint density at radius 2 is 1.75 bits per heavy atom. The van der Waals surface area contributed by atoms with Gasteiger partial charge in [0.2, 0.25) is 5.91 Å². The van der Waals surface area contributed by atoms with E-state index in [9.17, 15) is 9.18 Å². The highest BCUT2D eigenvalue weighted by atomic mass is 19.1. The first-order valence-electron chi connectivity index (χ1n) is 6.49. The van der Waals surface area contributed by atoms with E-state index < -0.39 is 0 Å². The molecule has 0 bridgehead atoms. The zero-order chi connectivity index (χ0) is 14.4. The summed E-state index contributed by atoms with van der Waals surface area (Å²) >= 11 is 0. The number of benzene rings is 2. The van der Waals surface area contributed by atoms with Gasteiger partial charge in [0, 0.05) is 5.69 Å². The first kappa shape index (κ1) is 14.1. The molecule has 2 rings (SSSR count). The Hall–Kier alpha value is -2.36. The van der Waals surface area contributed by atoms with Crippen LogP contribution in [0.4, 0.5) is 10.1 Å². The molecular weight excluding hydrogens is 255 g/mol. The number of rotatable bonds is 5. The van der Waals surface area contributed by atoms with Crippen LogP contribution in [-0.2, 0) is 4.79 Å². The number of carbonyl (C=O) groups excluding carboxylic acids is 1. The number of carbonyl (C=O) groups is 1. The summed E-state index contributed by atoms with van der Waals surface area (Å²) in [6.07, 6.45) is 0. The molecule has 104 valence electrons. The van der Waals surface area contributed by atoms with Crippen molar-refractivity contribution >= 4 is 11.6 Å². The Labute approximate surface area is 117 Å². The fourth-order valence-electron chi connectivity index (χ4n) is 1.87. The van der Waals surface area contributed by atoms with Gasteiger partial charge in [0.15, 0.2) is 0 Å². The van der Waals surface area contributed by atoms with Gasteiger partial charge in [-0.15, -0.1) is 0 Å². The van der Waals surface area contributed by atoms with Crippen molar-refractivity contribution in [2.75, 3.05) is 11.9 Å². The molecule has 0 aliphatic carbocycles. The van der Waals surface area contributed by atoms with Gasteiger partial charge in [-0.1, -0.05) is 30.3 Å². The van der Waals surface area contributed by atoms with Crippen LogP contribution in [0.25, 0.3) is 0 Å². The van der Waals surface area contributed by atoms with Gasteiger partial charge in [-0.25, -0.2) is 4.39 Å². The lowest BCUT2D eigenvalue weighted by molar-refractivity contribution is -0.120. The van der Waals surface area contributed by atoms with E-state index in [0.29, 0.717) is 5.69 Å². The molecule has 0 heterocycles. The maximum absolute atomic E-state index is 12.7. The molecule has 0 unspecified atom stereocenters. The average Bonchev–Trinajstić information content (AvgIpc) is 2.47. The van der Waals surface area contributed by atoms with Crippen molar-refractivity contribution in [2.45, 2.75) is 13.0 Å². The van der Waals surface area contributed by atoms with E-state index in [1.807, 2.05) is 37.3 Å². The first-order valence-corrected chi connectivity index (χ1v) is 6.49. The number of nitrogens with one attached hydrogen (secondary N) is 2. The van der Waals surface area contributed by atoms with Crippen LogP contribution in [0.1, 0.15) is 18.5 Å². The van der Waals surface area contributed by atoms with Gasteiger partial charge in [0.1, 0.15) is 5.82 Å². The second-order valence-electron chi connectivity index (χ2n) is 4.56. The quantitative estimate of drug-likeness (QED) is 0.878. The first-order chi connectivity index (χ1) is 9.65. The smallest absolute Gasteiger partial charge is 0.239 e. The molecule has 0 aromatic heterocycles. The lowest BCUT2D eigenvalue weighted by atomic mass is 10.1. The molecule has 20 heavy (non-hydrogen) atoms. The van der Waals surface area contributed by atoms with Crippen LogP contribution in [0.2, 0.25) is 0 Å². The second-order valence-corrected chi connectivity index (χ2v) is 4.56. The van der Waals surface area contributed by atoms with Crippen LogP contribution in [0.3, 0.4) is 0 Å². The van der Waals surface area contributed by atoms with Gasteiger partial charge in [-0.2, -0.15) is 0 Å². The maximum Gasteiger partial charge on any atom is 0.239 e. The number of amides is 1. The predicted octanol–water partition coefficient (Wildman–Crippen LogP) is 3.12. The largest absolute Gasteiger partial charge is 0.376 e. The average molecular weight is 272 g/mol. The number of halogens is 1. The summed E-state index contributed by atoms with van der Waals surface area (Å²) in [5.74, 6) is -0.400. The summed E-state index contributed by atoms with van der Waals surface area (Å²) in [4.78, 5) is 11.8. The molecule has 0 saturated heterocycles. The Kier molecular flexibility index (Phi) is 4.71. The number of hydrogen-bond acceptors (Lipinski definition) is 2. The zero-order valence-corrected chi connectivity index (χ0v) is 11.3. The normalized spacial score (nSPS) is 11.7. The highest BCUT2D eigenvalue weighted by Gasteiger charge is 2.08. The third kappa shape index (κ3) is 4.09. The van der Waals surface area contributed by atoms with Gasteiger partial charge in [0.05, 0.1) is 12.6 Å². The van der Waals surface area contributed by atoms with E-state index in [2.05, 4.69) is 10.6 Å². The minimum Gasteiger partial charge on any atom is -0.376 e. The SMILES string of the molecule is C[C@H](NC(=O)CNc1ccc(F)cc1)c1ccccc1. The summed E-state index contributed by atoms with van der Waals surface area (Å²) in [5.41, 5.74) is 1.77. The molecule has 2 N–H and O–H groups in total. The van der Waals surface area contributed by atoms with Crippen LogP contribution in [-0.4, -0.2) is 12.5 Å². The fraction of sp³-hybridized carbons (Fsp3) is 0.188. The minimum atomic E-state index is -0.294. The van der Waals surface area contributed by atoms with Crippen LogP contribution >= 0.6 is 0 Å². The molecule has 1 amide bonds. The molecule has 0 fully saturated rings. The van der Waals surface area contributed by atoms with E-state index in [0.717, 1.165) is 5.56 Å². The van der Waals surface area contributed by atoms with Gasteiger partial charge in [0.25, 0.3) is 0 Å². The summed E-state index contributed by atoms with van der Waals surface area (Å²) in [6.45, 7) is 2.09. The Bertz CT molecular complexity index is 554. The van der Waals surface area contributed by atoms with Crippen LogP contribution in [0.15, 0.2) is 54.6 Å². The molecule has 0 spiro atoms. The Balaban J connectivity index is 1.82. The van der Waals surface area contributed by atoms with E-state index in [4.69, 9.17) is 0 Å². The van der Waals surface area contributed by atoms with Crippen molar-refractivity contribution in [2.24, 2.45) is 0 Å². The van der Waals surface area contributed by atoms with Gasteiger partial charge >= 0.3 is 0 Å².